The summed E-state index contributed by atoms with van der Waals surface area (Å²) in [5, 5.41) is 18.0. The van der Waals surface area contributed by atoms with Gasteiger partial charge in [0.05, 0.1) is 6.10 Å². The fourth-order valence-corrected chi connectivity index (χ4v) is 1.45. The van der Waals surface area contributed by atoms with Gasteiger partial charge in [0.1, 0.15) is 6.10 Å². The van der Waals surface area contributed by atoms with Crippen LogP contribution in [-0.4, -0.2) is 34.4 Å². The lowest BCUT2D eigenvalue weighted by Gasteiger charge is -2.13. The molecule has 19 heavy (non-hydrogen) atoms. The number of carbonyl (C=O) groups is 2. The van der Waals surface area contributed by atoms with Crippen LogP contribution in [0.4, 0.5) is 0 Å². The monoisotopic (exact) mass is 270 g/mol. The van der Waals surface area contributed by atoms with Gasteiger partial charge in [0.25, 0.3) is 0 Å². The minimum Gasteiger partial charge on any atom is -0.478 e. The summed E-state index contributed by atoms with van der Waals surface area (Å²) in [4.78, 5) is 21.2. The topological polar surface area (TPSA) is 83.8 Å². The van der Waals surface area contributed by atoms with Crippen LogP contribution in [0.2, 0.25) is 0 Å². The van der Waals surface area contributed by atoms with Crippen LogP contribution in [0.3, 0.4) is 0 Å². The molecule has 0 rings (SSSR count). The Morgan fingerprint density at radius 1 is 1.32 bits per heavy atom. The van der Waals surface area contributed by atoms with Crippen LogP contribution in [0, 0.1) is 0 Å². The molecule has 0 heterocycles. The van der Waals surface area contributed by atoms with Crippen molar-refractivity contribution in [3.05, 3.63) is 24.3 Å². The summed E-state index contributed by atoms with van der Waals surface area (Å²) in [5.74, 6) is -1.40. The van der Waals surface area contributed by atoms with Crippen LogP contribution in [-0.2, 0) is 14.3 Å². The normalized spacial score (nSPS) is 14.7. The third-order valence-corrected chi connectivity index (χ3v) is 2.35. The van der Waals surface area contributed by atoms with Crippen molar-refractivity contribution in [3.63, 3.8) is 0 Å². The van der Waals surface area contributed by atoms with E-state index in [1.807, 2.05) is 6.92 Å². The molecular formula is C14H22O5. The first kappa shape index (κ1) is 17.4. The second-order valence-electron chi connectivity index (χ2n) is 4.22. The van der Waals surface area contributed by atoms with E-state index >= 15 is 0 Å². The SMILES string of the molecule is CCCCC(/C=C/C(O)C/C=C/C(=O)O)OC(C)=O. The van der Waals surface area contributed by atoms with Crippen molar-refractivity contribution in [2.45, 2.75) is 51.7 Å². The van der Waals surface area contributed by atoms with Gasteiger partial charge in [0.2, 0.25) is 0 Å². The lowest BCUT2D eigenvalue weighted by Crippen LogP contribution is -2.14. The molecule has 0 amide bonds. The summed E-state index contributed by atoms with van der Waals surface area (Å²) in [6, 6.07) is 0. The largest absolute Gasteiger partial charge is 0.478 e. The average Bonchev–Trinajstić information content (AvgIpc) is 2.31. The number of unbranched alkanes of at least 4 members (excludes halogenated alkanes) is 1. The van der Waals surface area contributed by atoms with E-state index in [2.05, 4.69) is 0 Å². The molecule has 0 bridgehead atoms. The summed E-state index contributed by atoms with van der Waals surface area (Å²) in [7, 11) is 0. The molecule has 2 unspecified atom stereocenters. The van der Waals surface area contributed by atoms with E-state index in [1.54, 1.807) is 6.08 Å². The first-order chi connectivity index (χ1) is 8.95. The van der Waals surface area contributed by atoms with Crippen LogP contribution in [0.1, 0.15) is 39.5 Å². The molecular weight excluding hydrogens is 248 g/mol. The highest BCUT2D eigenvalue weighted by molar-refractivity contribution is 5.79. The quantitative estimate of drug-likeness (QED) is 0.380. The predicted octanol–water partition coefficient (Wildman–Crippen LogP) is 2.06. The van der Waals surface area contributed by atoms with E-state index in [4.69, 9.17) is 9.84 Å². The number of aliphatic hydroxyl groups is 1. The van der Waals surface area contributed by atoms with Gasteiger partial charge < -0.3 is 14.9 Å². The number of aliphatic carboxylic acids is 1. The zero-order valence-corrected chi connectivity index (χ0v) is 11.4. The Hall–Kier alpha value is -1.62. The minimum absolute atomic E-state index is 0.212. The molecule has 0 aromatic heterocycles. The summed E-state index contributed by atoms with van der Waals surface area (Å²) in [5.41, 5.74) is 0. The van der Waals surface area contributed by atoms with Gasteiger partial charge in [-0.2, -0.15) is 0 Å². The number of hydrogen-bond donors (Lipinski definition) is 2. The molecule has 5 nitrogen and oxygen atoms in total. The molecule has 0 saturated heterocycles. The van der Waals surface area contributed by atoms with Gasteiger partial charge in [-0.25, -0.2) is 4.79 Å². The van der Waals surface area contributed by atoms with Gasteiger partial charge in [0, 0.05) is 13.0 Å². The smallest absolute Gasteiger partial charge is 0.327 e. The Morgan fingerprint density at radius 3 is 2.53 bits per heavy atom. The van der Waals surface area contributed by atoms with E-state index in [0.29, 0.717) is 6.42 Å². The summed E-state index contributed by atoms with van der Waals surface area (Å²) in [6.07, 6.45) is 7.26. The molecule has 2 N–H and O–H groups in total. The standard InChI is InChI=1S/C14H22O5/c1-3-4-7-13(19-11(2)15)10-9-12(16)6-5-8-14(17)18/h5,8-10,12-13,16H,3-4,6-7H2,1-2H3,(H,17,18)/b8-5+,10-9+. The maximum Gasteiger partial charge on any atom is 0.327 e. The van der Waals surface area contributed by atoms with Gasteiger partial charge in [-0.15, -0.1) is 0 Å². The molecule has 0 spiro atoms. The highest BCUT2D eigenvalue weighted by atomic mass is 16.5. The van der Waals surface area contributed by atoms with E-state index in [-0.39, 0.29) is 18.5 Å². The molecule has 0 aromatic rings. The predicted molar refractivity (Wildman–Crippen MR) is 71.6 cm³/mol. The Morgan fingerprint density at radius 2 is 2.00 bits per heavy atom. The van der Waals surface area contributed by atoms with Gasteiger partial charge in [-0.1, -0.05) is 25.5 Å². The molecule has 0 fully saturated rings. The summed E-state index contributed by atoms with van der Waals surface area (Å²) in [6.45, 7) is 3.39. The fourth-order valence-electron chi connectivity index (χ4n) is 1.45. The zero-order chi connectivity index (χ0) is 14.7. The molecule has 0 saturated carbocycles. The first-order valence-electron chi connectivity index (χ1n) is 6.38. The number of carboxylic acid groups (broad SMARTS) is 1. The molecule has 0 radical (unpaired) electrons. The molecule has 5 heteroatoms. The van der Waals surface area contributed by atoms with Gasteiger partial charge in [-0.05, 0) is 25.3 Å². The Labute approximate surface area is 113 Å². The Bertz CT molecular complexity index is 333. The van der Waals surface area contributed by atoms with Crippen molar-refractivity contribution in [3.8, 4) is 0 Å². The second kappa shape index (κ2) is 10.3. The molecule has 108 valence electrons. The minimum atomic E-state index is -1.04. The van der Waals surface area contributed by atoms with Crippen LogP contribution in [0.5, 0.6) is 0 Å². The third-order valence-electron chi connectivity index (χ3n) is 2.35. The van der Waals surface area contributed by atoms with Crippen molar-refractivity contribution in [2.24, 2.45) is 0 Å². The lowest BCUT2D eigenvalue weighted by atomic mass is 10.1. The molecule has 2 atom stereocenters. The summed E-state index contributed by atoms with van der Waals surface area (Å²) >= 11 is 0. The van der Waals surface area contributed by atoms with Gasteiger partial charge in [0.15, 0.2) is 0 Å². The van der Waals surface area contributed by atoms with Gasteiger partial charge >= 0.3 is 11.9 Å². The third kappa shape index (κ3) is 11.2. The van der Waals surface area contributed by atoms with E-state index in [9.17, 15) is 14.7 Å². The number of ether oxygens (including phenoxy) is 1. The first-order valence-corrected chi connectivity index (χ1v) is 6.38. The maximum atomic E-state index is 10.9. The molecule has 0 aliphatic rings. The fraction of sp³-hybridized carbons (Fsp3) is 0.571. The van der Waals surface area contributed by atoms with Crippen LogP contribution < -0.4 is 0 Å². The summed E-state index contributed by atoms with van der Waals surface area (Å²) < 4.78 is 5.10. The number of carbonyl (C=O) groups excluding carboxylic acids is 1. The zero-order valence-electron chi connectivity index (χ0n) is 11.4. The number of aliphatic hydroxyl groups excluding tert-OH is 1. The van der Waals surface area contributed by atoms with Crippen molar-refractivity contribution in [1.82, 2.24) is 0 Å². The van der Waals surface area contributed by atoms with Crippen LogP contribution in [0.25, 0.3) is 0 Å². The Kier molecular flexibility index (Phi) is 9.44. The van der Waals surface area contributed by atoms with Crippen LogP contribution >= 0.6 is 0 Å². The highest BCUT2D eigenvalue weighted by Crippen LogP contribution is 2.08. The van der Waals surface area contributed by atoms with Crippen molar-refractivity contribution in [2.75, 3.05) is 0 Å². The van der Waals surface area contributed by atoms with E-state index < -0.39 is 12.1 Å². The number of rotatable bonds is 9. The number of esters is 1. The number of hydrogen-bond acceptors (Lipinski definition) is 4. The average molecular weight is 270 g/mol. The van der Waals surface area contributed by atoms with Crippen LogP contribution in [0.15, 0.2) is 24.3 Å². The molecule has 0 aliphatic heterocycles. The van der Waals surface area contributed by atoms with E-state index in [0.717, 1.165) is 18.9 Å². The number of carboxylic acids is 1. The molecule has 0 aliphatic carbocycles. The second-order valence-corrected chi connectivity index (χ2v) is 4.22. The van der Waals surface area contributed by atoms with E-state index in [1.165, 1.54) is 19.1 Å². The van der Waals surface area contributed by atoms with Crippen molar-refractivity contribution in [1.29, 1.82) is 0 Å². The molecule has 0 aromatic carbocycles. The lowest BCUT2D eigenvalue weighted by molar-refractivity contribution is -0.144. The highest BCUT2D eigenvalue weighted by Gasteiger charge is 2.08. The van der Waals surface area contributed by atoms with Crippen molar-refractivity contribution < 1.29 is 24.5 Å². The van der Waals surface area contributed by atoms with Crippen molar-refractivity contribution >= 4 is 11.9 Å². The van der Waals surface area contributed by atoms with Gasteiger partial charge in [-0.3, -0.25) is 4.79 Å². The maximum absolute atomic E-state index is 10.9. The Balaban J connectivity index is 4.26.